The molecule has 7 heteroatoms. The van der Waals surface area contributed by atoms with Gasteiger partial charge in [-0.2, -0.15) is 0 Å². The van der Waals surface area contributed by atoms with Gasteiger partial charge in [0.05, 0.1) is 12.1 Å². The number of para-hydroxylation sites is 1. The number of piperidine rings is 1. The van der Waals surface area contributed by atoms with Crippen molar-refractivity contribution in [3.05, 3.63) is 65.5 Å². The van der Waals surface area contributed by atoms with Gasteiger partial charge in [-0.15, -0.1) is 0 Å². The van der Waals surface area contributed by atoms with Gasteiger partial charge in [-0.25, -0.2) is 4.39 Å². The van der Waals surface area contributed by atoms with Crippen LogP contribution in [0.3, 0.4) is 0 Å². The second-order valence-corrected chi connectivity index (χ2v) is 6.90. The van der Waals surface area contributed by atoms with Crippen LogP contribution < -0.4 is 15.8 Å². The molecule has 148 valence electrons. The Balaban J connectivity index is 1.57. The van der Waals surface area contributed by atoms with E-state index >= 15 is 0 Å². The molecule has 6 nitrogen and oxygen atoms in total. The molecule has 0 unspecified atom stereocenters. The van der Waals surface area contributed by atoms with Crippen LogP contribution in [0.15, 0.2) is 48.5 Å². The van der Waals surface area contributed by atoms with E-state index in [1.807, 2.05) is 4.90 Å². The highest BCUT2D eigenvalue weighted by Crippen LogP contribution is 2.20. The fraction of sp³-hybridized carbons (Fsp3) is 0.333. The maximum Gasteiger partial charge on any atom is 0.255 e. The Morgan fingerprint density at radius 2 is 1.79 bits per heavy atom. The van der Waals surface area contributed by atoms with Crippen LogP contribution in [0.2, 0.25) is 0 Å². The number of ether oxygens (including phenoxy) is 1. The van der Waals surface area contributed by atoms with Crippen molar-refractivity contribution in [2.24, 2.45) is 5.73 Å². The van der Waals surface area contributed by atoms with Crippen molar-refractivity contribution in [2.45, 2.75) is 25.5 Å². The van der Waals surface area contributed by atoms with E-state index in [1.54, 1.807) is 36.4 Å². The molecule has 1 aliphatic rings. The van der Waals surface area contributed by atoms with Gasteiger partial charge in [-0.3, -0.25) is 14.5 Å². The number of carbonyl (C=O) groups is 2. The molecule has 2 aromatic rings. The SMILES string of the molecule is NC(=O)CN1CCC(NC(=O)c2ccccc2OCc2ccc(F)cc2)CC1. The van der Waals surface area contributed by atoms with E-state index in [4.69, 9.17) is 10.5 Å². The maximum atomic E-state index is 13.0. The summed E-state index contributed by atoms with van der Waals surface area (Å²) in [5, 5.41) is 3.04. The number of hydrogen-bond donors (Lipinski definition) is 2. The van der Waals surface area contributed by atoms with Crippen molar-refractivity contribution in [3.63, 3.8) is 0 Å². The molecule has 28 heavy (non-hydrogen) atoms. The monoisotopic (exact) mass is 385 g/mol. The zero-order chi connectivity index (χ0) is 19.9. The van der Waals surface area contributed by atoms with Gasteiger partial charge in [0.2, 0.25) is 5.91 Å². The van der Waals surface area contributed by atoms with E-state index in [1.165, 1.54) is 12.1 Å². The summed E-state index contributed by atoms with van der Waals surface area (Å²) < 4.78 is 18.8. The number of halogens is 1. The third-order valence-corrected chi connectivity index (χ3v) is 4.74. The summed E-state index contributed by atoms with van der Waals surface area (Å²) in [4.78, 5) is 25.7. The van der Waals surface area contributed by atoms with Crippen LogP contribution in [-0.2, 0) is 11.4 Å². The van der Waals surface area contributed by atoms with Crippen molar-refractivity contribution in [1.82, 2.24) is 10.2 Å². The molecule has 1 fully saturated rings. The van der Waals surface area contributed by atoms with Crippen molar-refractivity contribution in [2.75, 3.05) is 19.6 Å². The van der Waals surface area contributed by atoms with Gasteiger partial charge in [0.1, 0.15) is 18.2 Å². The smallest absolute Gasteiger partial charge is 0.255 e. The summed E-state index contributed by atoms with van der Waals surface area (Å²) in [5.41, 5.74) is 6.51. The molecule has 0 bridgehead atoms. The van der Waals surface area contributed by atoms with Crippen molar-refractivity contribution in [1.29, 1.82) is 0 Å². The number of primary amides is 1. The number of amides is 2. The molecule has 1 aliphatic heterocycles. The van der Waals surface area contributed by atoms with Crippen molar-refractivity contribution < 1.29 is 18.7 Å². The van der Waals surface area contributed by atoms with Crippen LogP contribution in [0.4, 0.5) is 4.39 Å². The van der Waals surface area contributed by atoms with Gasteiger partial charge < -0.3 is 15.8 Å². The van der Waals surface area contributed by atoms with E-state index in [0.717, 1.165) is 31.5 Å². The number of hydrogen-bond acceptors (Lipinski definition) is 4. The predicted molar refractivity (Wildman–Crippen MR) is 103 cm³/mol. The molecule has 0 atom stereocenters. The lowest BCUT2D eigenvalue weighted by molar-refractivity contribution is -0.119. The zero-order valence-corrected chi connectivity index (χ0v) is 15.6. The first-order valence-electron chi connectivity index (χ1n) is 9.29. The first kappa shape index (κ1) is 19.8. The summed E-state index contributed by atoms with van der Waals surface area (Å²) in [5.74, 6) is -0.348. The number of nitrogens with one attached hydrogen (secondary N) is 1. The molecule has 0 aromatic heterocycles. The summed E-state index contributed by atoms with van der Waals surface area (Å²) in [6.45, 7) is 1.93. The number of nitrogens with two attached hydrogens (primary N) is 1. The summed E-state index contributed by atoms with van der Waals surface area (Å²) >= 11 is 0. The quantitative estimate of drug-likeness (QED) is 0.764. The lowest BCUT2D eigenvalue weighted by atomic mass is 10.0. The Labute approximate surface area is 163 Å². The Kier molecular flexibility index (Phi) is 6.60. The molecule has 0 aliphatic carbocycles. The number of likely N-dealkylation sites (tertiary alicyclic amines) is 1. The molecule has 0 saturated carbocycles. The van der Waals surface area contributed by atoms with E-state index in [0.29, 0.717) is 11.3 Å². The normalized spacial score (nSPS) is 15.2. The van der Waals surface area contributed by atoms with Crippen LogP contribution in [0.25, 0.3) is 0 Å². The van der Waals surface area contributed by atoms with Gasteiger partial charge in [0.15, 0.2) is 0 Å². The molecule has 0 radical (unpaired) electrons. The Hall–Kier alpha value is -2.93. The van der Waals surface area contributed by atoms with Crippen LogP contribution in [-0.4, -0.2) is 42.4 Å². The molecule has 1 saturated heterocycles. The predicted octanol–water partition coefficient (Wildman–Crippen LogP) is 2.08. The largest absolute Gasteiger partial charge is 0.488 e. The average molecular weight is 385 g/mol. The molecule has 3 rings (SSSR count). The van der Waals surface area contributed by atoms with E-state index in [2.05, 4.69) is 5.32 Å². The molecular formula is C21H24FN3O3. The topological polar surface area (TPSA) is 84.7 Å². The summed E-state index contributed by atoms with van der Waals surface area (Å²) in [7, 11) is 0. The average Bonchev–Trinajstić information content (AvgIpc) is 2.69. The highest BCUT2D eigenvalue weighted by molar-refractivity contribution is 5.97. The second-order valence-electron chi connectivity index (χ2n) is 6.90. The fourth-order valence-electron chi connectivity index (χ4n) is 3.24. The lowest BCUT2D eigenvalue weighted by Crippen LogP contribution is -2.46. The second kappa shape index (κ2) is 9.32. The number of nitrogens with zero attached hydrogens (tertiary/aromatic N) is 1. The van der Waals surface area contributed by atoms with Crippen LogP contribution in [0.5, 0.6) is 5.75 Å². The molecule has 2 aromatic carbocycles. The van der Waals surface area contributed by atoms with Gasteiger partial charge >= 0.3 is 0 Å². The van der Waals surface area contributed by atoms with Crippen molar-refractivity contribution >= 4 is 11.8 Å². The van der Waals surface area contributed by atoms with Gasteiger partial charge in [0, 0.05) is 19.1 Å². The summed E-state index contributed by atoms with van der Waals surface area (Å²) in [6, 6.07) is 13.2. The minimum absolute atomic E-state index is 0.0433. The molecular weight excluding hydrogens is 361 g/mol. The first-order valence-corrected chi connectivity index (χ1v) is 9.29. The lowest BCUT2D eigenvalue weighted by Gasteiger charge is -2.31. The van der Waals surface area contributed by atoms with Crippen LogP contribution in [0, 0.1) is 5.82 Å². The summed E-state index contributed by atoms with van der Waals surface area (Å²) in [6.07, 6.45) is 1.52. The van der Waals surface area contributed by atoms with E-state index in [9.17, 15) is 14.0 Å². The van der Waals surface area contributed by atoms with Crippen LogP contribution in [0.1, 0.15) is 28.8 Å². The highest BCUT2D eigenvalue weighted by Gasteiger charge is 2.23. The van der Waals surface area contributed by atoms with Gasteiger partial charge in [-0.1, -0.05) is 24.3 Å². The number of benzene rings is 2. The van der Waals surface area contributed by atoms with Gasteiger partial charge in [-0.05, 0) is 42.7 Å². The fourth-order valence-corrected chi connectivity index (χ4v) is 3.24. The Bertz CT molecular complexity index is 818. The van der Waals surface area contributed by atoms with Crippen molar-refractivity contribution in [3.8, 4) is 5.75 Å². The first-order chi connectivity index (χ1) is 13.5. The number of carbonyl (C=O) groups excluding carboxylic acids is 2. The molecule has 0 spiro atoms. The zero-order valence-electron chi connectivity index (χ0n) is 15.6. The van der Waals surface area contributed by atoms with E-state index < -0.39 is 0 Å². The third kappa shape index (κ3) is 5.53. The molecule has 3 N–H and O–H groups in total. The van der Waals surface area contributed by atoms with Crippen LogP contribution >= 0.6 is 0 Å². The highest BCUT2D eigenvalue weighted by atomic mass is 19.1. The minimum atomic E-state index is -0.338. The number of rotatable bonds is 7. The standard InChI is InChI=1S/C21H24FN3O3/c22-16-7-5-15(6-8-16)14-28-19-4-2-1-3-18(19)21(27)24-17-9-11-25(12-10-17)13-20(23)26/h1-8,17H,9-14H2,(H2,23,26)(H,24,27). The minimum Gasteiger partial charge on any atom is -0.488 e. The van der Waals surface area contributed by atoms with E-state index in [-0.39, 0.29) is 36.8 Å². The Morgan fingerprint density at radius 3 is 2.46 bits per heavy atom. The third-order valence-electron chi connectivity index (χ3n) is 4.74. The maximum absolute atomic E-state index is 13.0. The molecule has 1 heterocycles. The Morgan fingerprint density at radius 1 is 1.11 bits per heavy atom. The van der Waals surface area contributed by atoms with Gasteiger partial charge in [0.25, 0.3) is 5.91 Å². The molecule has 2 amide bonds.